The standard InChI is InChI=1S/C15H19N3/c1-10-11(2)17-18(12(10)3)15-8-4-7-14-13(15)6-5-9-16-14/h4,7-8,16H,5-6,9H2,1-3H3. The maximum absolute atomic E-state index is 4.68. The second-order valence-corrected chi connectivity index (χ2v) is 5.04. The Morgan fingerprint density at radius 3 is 2.78 bits per heavy atom. The maximum atomic E-state index is 4.68. The van der Waals surface area contributed by atoms with Crippen molar-refractivity contribution in [1.29, 1.82) is 0 Å². The first-order valence-electron chi connectivity index (χ1n) is 6.57. The molecule has 0 unspecified atom stereocenters. The molecule has 3 nitrogen and oxygen atoms in total. The minimum atomic E-state index is 1.08. The molecule has 0 amide bonds. The first kappa shape index (κ1) is 11.3. The molecule has 1 aliphatic heterocycles. The summed E-state index contributed by atoms with van der Waals surface area (Å²) in [5.74, 6) is 0. The molecule has 3 heteroatoms. The van der Waals surface area contributed by atoms with E-state index in [-0.39, 0.29) is 0 Å². The normalized spacial score (nSPS) is 14.2. The number of fused-ring (bicyclic) bond motifs is 1. The molecule has 1 aliphatic rings. The van der Waals surface area contributed by atoms with Gasteiger partial charge in [0.05, 0.1) is 11.4 Å². The number of anilines is 1. The Morgan fingerprint density at radius 1 is 1.22 bits per heavy atom. The van der Waals surface area contributed by atoms with Crippen molar-refractivity contribution in [1.82, 2.24) is 9.78 Å². The molecule has 1 N–H and O–H groups in total. The van der Waals surface area contributed by atoms with E-state index >= 15 is 0 Å². The molecule has 1 aromatic carbocycles. The Labute approximate surface area is 108 Å². The largest absolute Gasteiger partial charge is 0.385 e. The first-order chi connectivity index (χ1) is 8.68. The highest BCUT2D eigenvalue weighted by atomic mass is 15.3. The fraction of sp³-hybridized carbons (Fsp3) is 0.400. The lowest BCUT2D eigenvalue weighted by Crippen LogP contribution is -2.15. The Hall–Kier alpha value is -1.77. The number of aromatic nitrogens is 2. The second kappa shape index (κ2) is 4.16. The van der Waals surface area contributed by atoms with E-state index in [0.717, 1.165) is 18.7 Å². The highest BCUT2D eigenvalue weighted by molar-refractivity contribution is 5.62. The van der Waals surface area contributed by atoms with Crippen LogP contribution in [0.3, 0.4) is 0 Å². The molecule has 0 saturated heterocycles. The van der Waals surface area contributed by atoms with Crippen LogP contribution in [0.1, 0.15) is 28.9 Å². The highest BCUT2D eigenvalue weighted by Crippen LogP contribution is 2.29. The van der Waals surface area contributed by atoms with Crippen LogP contribution in [0.25, 0.3) is 5.69 Å². The van der Waals surface area contributed by atoms with Gasteiger partial charge in [-0.05, 0) is 51.3 Å². The third-order valence-corrected chi connectivity index (χ3v) is 3.95. The van der Waals surface area contributed by atoms with Gasteiger partial charge in [0.25, 0.3) is 0 Å². The molecule has 0 bridgehead atoms. The van der Waals surface area contributed by atoms with Crippen LogP contribution in [-0.4, -0.2) is 16.3 Å². The summed E-state index contributed by atoms with van der Waals surface area (Å²) in [6.45, 7) is 7.44. The van der Waals surface area contributed by atoms with Gasteiger partial charge in [0.2, 0.25) is 0 Å². The van der Waals surface area contributed by atoms with E-state index in [4.69, 9.17) is 0 Å². The van der Waals surface area contributed by atoms with Gasteiger partial charge in [0, 0.05) is 23.5 Å². The number of benzene rings is 1. The van der Waals surface area contributed by atoms with Gasteiger partial charge in [-0.15, -0.1) is 0 Å². The predicted octanol–water partition coefficient (Wildman–Crippen LogP) is 3.16. The zero-order valence-electron chi connectivity index (χ0n) is 11.2. The van der Waals surface area contributed by atoms with Gasteiger partial charge in [-0.2, -0.15) is 5.10 Å². The van der Waals surface area contributed by atoms with Crippen LogP contribution in [-0.2, 0) is 6.42 Å². The van der Waals surface area contributed by atoms with E-state index in [9.17, 15) is 0 Å². The van der Waals surface area contributed by atoms with Crippen LogP contribution in [0.15, 0.2) is 18.2 Å². The van der Waals surface area contributed by atoms with Gasteiger partial charge in [-0.1, -0.05) is 6.07 Å². The molecule has 0 radical (unpaired) electrons. The van der Waals surface area contributed by atoms with Crippen molar-refractivity contribution >= 4 is 5.69 Å². The predicted molar refractivity (Wildman–Crippen MR) is 74.6 cm³/mol. The highest BCUT2D eigenvalue weighted by Gasteiger charge is 2.16. The second-order valence-electron chi connectivity index (χ2n) is 5.04. The van der Waals surface area contributed by atoms with Crippen molar-refractivity contribution in [2.75, 3.05) is 11.9 Å². The number of hydrogen-bond donors (Lipinski definition) is 1. The molecule has 0 aliphatic carbocycles. The van der Waals surface area contributed by atoms with Gasteiger partial charge < -0.3 is 5.32 Å². The molecule has 94 valence electrons. The fourth-order valence-corrected chi connectivity index (χ4v) is 2.64. The molecular formula is C15H19N3. The Kier molecular flexibility index (Phi) is 2.62. The zero-order chi connectivity index (χ0) is 12.7. The summed E-state index contributed by atoms with van der Waals surface area (Å²) in [7, 11) is 0. The van der Waals surface area contributed by atoms with Crippen molar-refractivity contribution in [3.05, 3.63) is 40.7 Å². The monoisotopic (exact) mass is 241 g/mol. The zero-order valence-corrected chi connectivity index (χ0v) is 11.2. The quantitative estimate of drug-likeness (QED) is 0.831. The van der Waals surface area contributed by atoms with Gasteiger partial charge in [-0.25, -0.2) is 4.68 Å². The number of nitrogens with one attached hydrogen (secondary N) is 1. The summed E-state index contributed by atoms with van der Waals surface area (Å²) >= 11 is 0. The summed E-state index contributed by atoms with van der Waals surface area (Å²) in [6, 6.07) is 6.44. The average molecular weight is 241 g/mol. The van der Waals surface area contributed by atoms with Gasteiger partial charge in [0.15, 0.2) is 0 Å². The number of rotatable bonds is 1. The van der Waals surface area contributed by atoms with Crippen LogP contribution in [0.4, 0.5) is 5.69 Å². The number of nitrogens with zero attached hydrogens (tertiary/aromatic N) is 2. The van der Waals surface area contributed by atoms with E-state index < -0.39 is 0 Å². The number of aryl methyl sites for hydroxylation is 1. The van der Waals surface area contributed by atoms with Crippen LogP contribution in [0, 0.1) is 20.8 Å². The van der Waals surface area contributed by atoms with E-state index in [1.54, 1.807) is 0 Å². The molecule has 0 spiro atoms. The van der Waals surface area contributed by atoms with Crippen LogP contribution >= 0.6 is 0 Å². The lowest BCUT2D eigenvalue weighted by Gasteiger charge is -2.21. The summed E-state index contributed by atoms with van der Waals surface area (Å²) in [5, 5.41) is 8.15. The van der Waals surface area contributed by atoms with E-state index in [0.29, 0.717) is 0 Å². The van der Waals surface area contributed by atoms with Gasteiger partial charge in [0.1, 0.15) is 0 Å². The molecule has 0 atom stereocenters. The van der Waals surface area contributed by atoms with Crippen molar-refractivity contribution in [2.24, 2.45) is 0 Å². The average Bonchev–Trinajstić information content (AvgIpc) is 2.66. The van der Waals surface area contributed by atoms with Crippen molar-refractivity contribution in [3.8, 4) is 5.69 Å². The summed E-state index contributed by atoms with van der Waals surface area (Å²) in [6.07, 6.45) is 2.33. The molecule has 1 aromatic heterocycles. The molecular weight excluding hydrogens is 222 g/mol. The minimum Gasteiger partial charge on any atom is -0.385 e. The molecule has 2 aromatic rings. The topological polar surface area (TPSA) is 29.9 Å². The summed E-state index contributed by atoms with van der Waals surface area (Å²) < 4.78 is 2.09. The van der Waals surface area contributed by atoms with Crippen molar-refractivity contribution in [3.63, 3.8) is 0 Å². The van der Waals surface area contributed by atoms with Crippen LogP contribution < -0.4 is 5.32 Å². The SMILES string of the molecule is Cc1nn(-c2cccc3c2CCCN3)c(C)c1C. The van der Waals surface area contributed by atoms with Crippen molar-refractivity contribution in [2.45, 2.75) is 33.6 Å². The minimum absolute atomic E-state index is 1.08. The third kappa shape index (κ3) is 1.62. The van der Waals surface area contributed by atoms with Crippen LogP contribution in [0.2, 0.25) is 0 Å². The third-order valence-electron chi connectivity index (χ3n) is 3.95. The fourth-order valence-electron chi connectivity index (χ4n) is 2.64. The first-order valence-corrected chi connectivity index (χ1v) is 6.57. The van der Waals surface area contributed by atoms with Gasteiger partial charge in [-0.3, -0.25) is 0 Å². The molecule has 0 fully saturated rings. The smallest absolute Gasteiger partial charge is 0.0701 e. The summed E-state index contributed by atoms with van der Waals surface area (Å²) in [5.41, 5.74) is 7.54. The van der Waals surface area contributed by atoms with Gasteiger partial charge >= 0.3 is 0 Å². The van der Waals surface area contributed by atoms with E-state index in [1.165, 1.54) is 34.6 Å². The van der Waals surface area contributed by atoms with E-state index in [2.05, 4.69) is 54.1 Å². The maximum Gasteiger partial charge on any atom is 0.0701 e. The molecule has 2 heterocycles. The molecule has 0 saturated carbocycles. The Balaban J connectivity index is 2.20. The Bertz CT molecular complexity index is 596. The van der Waals surface area contributed by atoms with E-state index in [1.807, 2.05) is 0 Å². The summed E-state index contributed by atoms with van der Waals surface area (Å²) in [4.78, 5) is 0. The molecule has 18 heavy (non-hydrogen) atoms. The van der Waals surface area contributed by atoms with Crippen LogP contribution in [0.5, 0.6) is 0 Å². The lowest BCUT2D eigenvalue weighted by atomic mass is 10.0. The Morgan fingerprint density at radius 2 is 2.06 bits per heavy atom. The lowest BCUT2D eigenvalue weighted by molar-refractivity contribution is 0.780. The number of hydrogen-bond acceptors (Lipinski definition) is 2. The van der Waals surface area contributed by atoms with Crippen molar-refractivity contribution < 1.29 is 0 Å². The molecule has 3 rings (SSSR count).